The normalized spacial score (nSPS) is 17.9. The molecule has 0 unspecified atom stereocenters. The van der Waals surface area contributed by atoms with E-state index in [1.807, 2.05) is 24.3 Å². The van der Waals surface area contributed by atoms with Gasteiger partial charge in [-0.25, -0.2) is 5.01 Å². The van der Waals surface area contributed by atoms with E-state index in [-0.39, 0.29) is 17.6 Å². The zero-order chi connectivity index (χ0) is 19.1. The molecule has 1 aliphatic carbocycles. The molecule has 1 N–H and O–H groups in total. The number of hydrogen-bond acceptors (Lipinski definition) is 5. The Kier molecular flexibility index (Phi) is 4.07. The fraction of sp³-hybridized carbons (Fsp3) is 0.250. The maximum absolute atomic E-state index is 12.3. The number of hydrogen-bond donors (Lipinski definition) is 1. The van der Waals surface area contributed by atoms with Crippen molar-refractivity contribution in [1.82, 2.24) is 10.4 Å². The van der Waals surface area contributed by atoms with Crippen LogP contribution >= 0.6 is 0 Å². The number of rotatable bonds is 3. The van der Waals surface area contributed by atoms with Crippen molar-refractivity contribution in [3.63, 3.8) is 0 Å². The first kappa shape index (κ1) is 17.1. The minimum atomic E-state index is -0.415. The van der Waals surface area contributed by atoms with Gasteiger partial charge < -0.3 is 4.74 Å². The van der Waals surface area contributed by atoms with Gasteiger partial charge in [0.1, 0.15) is 11.8 Å². The van der Waals surface area contributed by atoms with Crippen molar-refractivity contribution in [2.75, 3.05) is 7.11 Å². The Hall–Kier alpha value is -3.35. The lowest BCUT2D eigenvalue weighted by Crippen LogP contribution is -2.38. The zero-order valence-electron chi connectivity index (χ0n) is 15.1. The van der Waals surface area contributed by atoms with Crippen LogP contribution in [0.2, 0.25) is 0 Å². The van der Waals surface area contributed by atoms with Crippen molar-refractivity contribution in [3.05, 3.63) is 74.8 Å². The molecule has 0 fully saturated rings. The van der Waals surface area contributed by atoms with Crippen molar-refractivity contribution in [2.24, 2.45) is 0 Å². The summed E-state index contributed by atoms with van der Waals surface area (Å²) in [5.74, 6) is 0.658. The molecule has 138 valence electrons. The van der Waals surface area contributed by atoms with Crippen LogP contribution in [0.25, 0.3) is 5.70 Å². The van der Waals surface area contributed by atoms with Gasteiger partial charge in [0.05, 0.1) is 17.7 Å². The van der Waals surface area contributed by atoms with Crippen LogP contribution in [-0.4, -0.2) is 22.9 Å². The SMILES string of the molecule is COc1ccc2c(c1)CCC1=C2NN(C(C)=O)[C@H]1c1cccc([N+](=O)[O-])c1. The number of carbonyl (C=O) groups excluding carboxylic acids is 1. The Morgan fingerprint density at radius 1 is 1.26 bits per heavy atom. The maximum Gasteiger partial charge on any atom is 0.269 e. The Labute approximate surface area is 156 Å². The summed E-state index contributed by atoms with van der Waals surface area (Å²) in [6.45, 7) is 1.49. The number of ether oxygens (including phenoxy) is 1. The smallest absolute Gasteiger partial charge is 0.269 e. The minimum absolute atomic E-state index is 0.0194. The summed E-state index contributed by atoms with van der Waals surface area (Å²) in [7, 11) is 1.64. The van der Waals surface area contributed by atoms with Gasteiger partial charge in [0.25, 0.3) is 5.69 Å². The van der Waals surface area contributed by atoms with E-state index in [0.29, 0.717) is 0 Å². The lowest BCUT2D eigenvalue weighted by Gasteiger charge is -2.25. The van der Waals surface area contributed by atoms with Crippen LogP contribution in [0.5, 0.6) is 5.75 Å². The van der Waals surface area contributed by atoms with Gasteiger partial charge in [-0.2, -0.15) is 0 Å². The van der Waals surface area contributed by atoms with Crippen molar-refractivity contribution >= 4 is 17.3 Å². The molecule has 2 aromatic carbocycles. The van der Waals surface area contributed by atoms with E-state index >= 15 is 0 Å². The molecule has 1 atom stereocenters. The number of aryl methyl sites for hydroxylation is 1. The molecule has 1 aliphatic heterocycles. The molecular weight excluding hydrogens is 346 g/mol. The van der Waals surface area contributed by atoms with Crippen LogP contribution < -0.4 is 10.2 Å². The highest BCUT2D eigenvalue weighted by Gasteiger charge is 2.38. The molecule has 7 heteroatoms. The van der Waals surface area contributed by atoms with Gasteiger partial charge in [-0.1, -0.05) is 12.1 Å². The summed E-state index contributed by atoms with van der Waals surface area (Å²) in [4.78, 5) is 23.0. The third kappa shape index (κ3) is 2.81. The third-order valence-electron chi connectivity index (χ3n) is 5.12. The average Bonchev–Trinajstić information content (AvgIpc) is 3.07. The molecule has 1 amide bonds. The van der Waals surface area contributed by atoms with Gasteiger partial charge in [-0.05, 0) is 47.7 Å². The van der Waals surface area contributed by atoms with E-state index < -0.39 is 4.92 Å². The molecule has 0 radical (unpaired) electrons. The number of benzene rings is 2. The highest BCUT2D eigenvalue weighted by atomic mass is 16.6. The number of non-ortho nitro benzene ring substituents is 1. The zero-order valence-corrected chi connectivity index (χ0v) is 15.1. The van der Waals surface area contributed by atoms with Crippen LogP contribution in [0.3, 0.4) is 0 Å². The van der Waals surface area contributed by atoms with E-state index in [1.165, 1.54) is 13.0 Å². The molecule has 0 bridgehead atoms. The van der Waals surface area contributed by atoms with Gasteiger partial charge in [0.15, 0.2) is 0 Å². The highest BCUT2D eigenvalue weighted by molar-refractivity contribution is 5.82. The van der Waals surface area contributed by atoms with Gasteiger partial charge in [0, 0.05) is 24.6 Å². The minimum Gasteiger partial charge on any atom is -0.497 e. The van der Waals surface area contributed by atoms with Crippen LogP contribution in [0.4, 0.5) is 5.69 Å². The number of methoxy groups -OCH3 is 1. The summed E-state index contributed by atoms with van der Waals surface area (Å²) >= 11 is 0. The van der Waals surface area contributed by atoms with Crippen LogP contribution in [0.1, 0.15) is 36.1 Å². The number of hydrazine groups is 1. The molecular formula is C20H19N3O4. The summed E-state index contributed by atoms with van der Waals surface area (Å²) < 4.78 is 5.31. The Morgan fingerprint density at radius 2 is 2.07 bits per heavy atom. The van der Waals surface area contributed by atoms with Gasteiger partial charge in [0.2, 0.25) is 5.91 Å². The number of fused-ring (bicyclic) bond motifs is 2. The van der Waals surface area contributed by atoms with Crippen LogP contribution in [0, 0.1) is 10.1 Å². The third-order valence-corrected chi connectivity index (χ3v) is 5.12. The molecule has 0 saturated carbocycles. The fourth-order valence-electron chi connectivity index (χ4n) is 3.88. The van der Waals surface area contributed by atoms with E-state index in [2.05, 4.69) is 5.43 Å². The number of amides is 1. The van der Waals surface area contributed by atoms with Crippen LogP contribution in [0.15, 0.2) is 48.0 Å². The molecule has 7 nitrogen and oxygen atoms in total. The molecule has 0 saturated heterocycles. The molecule has 0 aromatic heterocycles. The molecule has 4 rings (SSSR count). The second-order valence-electron chi connectivity index (χ2n) is 6.68. The Morgan fingerprint density at radius 3 is 2.78 bits per heavy atom. The maximum atomic E-state index is 12.3. The van der Waals surface area contributed by atoms with E-state index in [4.69, 9.17) is 4.74 Å². The predicted molar refractivity (Wildman–Crippen MR) is 99.7 cm³/mol. The first-order valence-corrected chi connectivity index (χ1v) is 8.70. The van der Waals surface area contributed by atoms with E-state index in [9.17, 15) is 14.9 Å². The fourth-order valence-corrected chi connectivity index (χ4v) is 3.88. The van der Waals surface area contributed by atoms with Gasteiger partial charge >= 0.3 is 0 Å². The van der Waals surface area contributed by atoms with Crippen LogP contribution in [-0.2, 0) is 11.2 Å². The predicted octanol–water partition coefficient (Wildman–Crippen LogP) is 3.37. The Bertz CT molecular complexity index is 983. The number of nitrogens with one attached hydrogen (secondary N) is 1. The van der Waals surface area contributed by atoms with E-state index in [0.717, 1.165) is 46.6 Å². The summed E-state index contributed by atoms with van der Waals surface area (Å²) in [6, 6.07) is 12.0. The monoisotopic (exact) mass is 365 g/mol. The largest absolute Gasteiger partial charge is 0.497 e. The Balaban J connectivity index is 1.82. The van der Waals surface area contributed by atoms with Crippen molar-refractivity contribution in [3.8, 4) is 5.75 Å². The number of carbonyl (C=O) groups is 1. The lowest BCUT2D eigenvalue weighted by molar-refractivity contribution is -0.384. The summed E-state index contributed by atoms with van der Waals surface area (Å²) in [5.41, 5.74) is 8.16. The van der Waals surface area contributed by atoms with Crippen molar-refractivity contribution in [1.29, 1.82) is 0 Å². The first-order valence-electron chi connectivity index (χ1n) is 8.70. The highest BCUT2D eigenvalue weighted by Crippen LogP contribution is 2.45. The number of nitro groups is 1. The van der Waals surface area contributed by atoms with E-state index in [1.54, 1.807) is 24.3 Å². The second kappa shape index (κ2) is 6.42. The summed E-state index contributed by atoms with van der Waals surface area (Å²) in [5, 5.41) is 12.7. The molecule has 2 aromatic rings. The van der Waals surface area contributed by atoms with Crippen molar-refractivity contribution < 1.29 is 14.5 Å². The second-order valence-corrected chi connectivity index (χ2v) is 6.68. The van der Waals surface area contributed by atoms with Gasteiger partial charge in [-0.3, -0.25) is 20.3 Å². The first-order chi connectivity index (χ1) is 13.0. The lowest BCUT2D eigenvalue weighted by atomic mass is 9.85. The molecule has 1 heterocycles. The standard InChI is InChI=1S/C20H19N3O4/c1-12(24)22-20(14-4-3-5-15(10-14)23(25)26)18-8-6-13-11-16(27-2)7-9-17(13)19(18)21-22/h3-5,7,9-11,20-21H,6,8H2,1-2H3/t20-/m0/s1. The van der Waals surface area contributed by atoms with Crippen molar-refractivity contribution in [2.45, 2.75) is 25.8 Å². The topological polar surface area (TPSA) is 84.7 Å². The molecule has 2 aliphatic rings. The summed E-state index contributed by atoms with van der Waals surface area (Å²) in [6.07, 6.45) is 1.59. The molecule has 27 heavy (non-hydrogen) atoms. The average molecular weight is 365 g/mol. The number of nitro benzene ring substituents is 1. The quantitative estimate of drug-likeness (QED) is 0.666. The van der Waals surface area contributed by atoms with Gasteiger partial charge in [-0.15, -0.1) is 0 Å². The number of nitrogens with zero attached hydrogens (tertiary/aromatic N) is 2. The molecule has 0 spiro atoms.